The zero-order valence-corrected chi connectivity index (χ0v) is 19.9. The van der Waals surface area contributed by atoms with Gasteiger partial charge in [-0.05, 0) is 67.7 Å². The molecule has 1 aliphatic heterocycles. The maximum Gasteiger partial charge on any atom is 0.344 e. The lowest BCUT2D eigenvalue weighted by Gasteiger charge is -2.28. The van der Waals surface area contributed by atoms with E-state index in [0.717, 1.165) is 29.9 Å². The molecule has 1 fully saturated rings. The number of carbonyl (C=O) groups excluding carboxylic acids is 2. The number of aryl methyl sites for hydroxylation is 2. The van der Waals surface area contributed by atoms with Gasteiger partial charge in [-0.3, -0.25) is 4.79 Å². The summed E-state index contributed by atoms with van der Waals surface area (Å²) in [6.45, 7) is 2.92. The van der Waals surface area contributed by atoms with Crippen LogP contribution in [0.4, 0.5) is 0 Å². The van der Waals surface area contributed by atoms with Gasteiger partial charge in [0.2, 0.25) is 0 Å². The fraction of sp³-hybridized carbons (Fsp3) is 0.333. The highest BCUT2D eigenvalue weighted by molar-refractivity contribution is 7.11. The van der Waals surface area contributed by atoms with Gasteiger partial charge < -0.3 is 9.26 Å². The predicted octanol–water partition coefficient (Wildman–Crippen LogP) is 5.39. The van der Waals surface area contributed by atoms with Gasteiger partial charge in [-0.1, -0.05) is 17.3 Å². The summed E-state index contributed by atoms with van der Waals surface area (Å²) in [5.41, 5.74) is 2.86. The molecule has 0 bridgehead atoms. The van der Waals surface area contributed by atoms with Crippen molar-refractivity contribution in [3.05, 3.63) is 67.4 Å². The second kappa shape index (κ2) is 9.07. The predicted molar refractivity (Wildman–Crippen MR) is 127 cm³/mol. The molecule has 0 N–H and O–H groups in total. The van der Waals surface area contributed by atoms with Crippen LogP contribution in [0.1, 0.15) is 56.9 Å². The van der Waals surface area contributed by atoms with E-state index in [1.807, 2.05) is 23.6 Å². The van der Waals surface area contributed by atoms with E-state index in [-0.39, 0.29) is 23.4 Å². The largest absolute Gasteiger partial charge is 0.452 e. The SMILES string of the molecule is Cc1noc(C)c1C(=O)OCC(=O)N1N=C2C(=Cc3cccs3)CCCC2C1c1cccs1. The van der Waals surface area contributed by atoms with Crippen molar-refractivity contribution in [3.63, 3.8) is 0 Å². The van der Waals surface area contributed by atoms with Crippen molar-refractivity contribution < 1.29 is 18.8 Å². The van der Waals surface area contributed by atoms with Crippen molar-refractivity contribution in [2.75, 3.05) is 6.61 Å². The Labute approximate surface area is 199 Å². The third-order valence-electron chi connectivity index (χ3n) is 6.02. The van der Waals surface area contributed by atoms with Crippen LogP contribution in [0.15, 0.2) is 50.2 Å². The number of carbonyl (C=O) groups is 2. The minimum Gasteiger partial charge on any atom is -0.452 e. The number of hydrogen-bond donors (Lipinski definition) is 0. The Morgan fingerprint density at radius 2 is 2.06 bits per heavy atom. The quantitative estimate of drug-likeness (QED) is 0.456. The highest BCUT2D eigenvalue weighted by atomic mass is 32.1. The highest BCUT2D eigenvalue weighted by Gasteiger charge is 2.44. The molecule has 7 nitrogen and oxygen atoms in total. The molecule has 4 heterocycles. The van der Waals surface area contributed by atoms with Crippen LogP contribution in [-0.2, 0) is 9.53 Å². The zero-order valence-electron chi connectivity index (χ0n) is 18.3. The number of aromatic nitrogens is 1. The van der Waals surface area contributed by atoms with Gasteiger partial charge in [0.25, 0.3) is 5.91 Å². The third kappa shape index (κ3) is 4.18. The van der Waals surface area contributed by atoms with Crippen molar-refractivity contribution in [3.8, 4) is 0 Å². The Balaban J connectivity index is 1.41. The van der Waals surface area contributed by atoms with Crippen LogP contribution < -0.4 is 0 Å². The molecule has 2 aliphatic rings. The number of thiophene rings is 2. The van der Waals surface area contributed by atoms with Crippen LogP contribution in [0.3, 0.4) is 0 Å². The molecule has 33 heavy (non-hydrogen) atoms. The van der Waals surface area contributed by atoms with Gasteiger partial charge in [0, 0.05) is 15.7 Å². The fourth-order valence-corrected chi connectivity index (χ4v) is 6.09. The van der Waals surface area contributed by atoms with Crippen LogP contribution in [0.25, 0.3) is 6.08 Å². The van der Waals surface area contributed by atoms with Crippen molar-refractivity contribution in [1.82, 2.24) is 10.2 Å². The molecule has 1 amide bonds. The van der Waals surface area contributed by atoms with Gasteiger partial charge in [0.05, 0.1) is 17.4 Å². The summed E-state index contributed by atoms with van der Waals surface area (Å²) >= 11 is 3.31. The summed E-state index contributed by atoms with van der Waals surface area (Å²) in [5, 5.41) is 14.2. The van der Waals surface area contributed by atoms with Crippen LogP contribution >= 0.6 is 22.7 Å². The summed E-state index contributed by atoms with van der Waals surface area (Å²) < 4.78 is 10.4. The number of amides is 1. The molecule has 0 saturated heterocycles. The Morgan fingerprint density at radius 1 is 1.24 bits per heavy atom. The maximum atomic E-state index is 13.3. The van der Waals surface area contributed by atoms with Crippen molar-refractivity contribution in [2.45, 2.75) is 39.2 Å². The molecule has 0 spiro atoms. The van der Waals surface area contributed by atoms with Gasteiger partial charge in [0.1, 0.15) is 11.3 Å². The molecule has 1 saturated carbocycles. The number of esters is 1. The zero-order chi connectivity index (χ0) is 22.9. The first-order valence-electron chi connectivity index (χ1n) is 10.8. The molecule has 5 rings (SSSR count). The molecule has 9 heteroatoms. The van der Waals surface area contributed by atoms with E-state index in [4.69, 9.17) is 14.4 Å². The third-order valence-corrected chi connectivity index (χ3v) is 7.78. The van der Waals surface area contributed by atoms with Crippen LogP contribution in [-0.4, -0.2) is 34.4 Å². The molecule has 170 valence electrons. The van der Waals surface area contributed by atoms with E-state index in [2.05, 4.69) is 22.7 Å². The lowest BCUT2D eigenvalue weighted by Crippen LogP contribution is -2.34. The topological polar surface area (TPSA) is 85.0 Å². The summed E-state index contributed by atoms with van der Waals surface area (Å²) in [6, 6.07) is 7.97. The normalized spacial score (nSPS) is 21.2. The Hall–Kier alpha value is -3.04. The summed E-state index contributed by atoms with van der Waals surface area (Å²) in [7, 11) is 0. The molecule has 0 radical (unpaired) electrons. The number of allylic oxidation sites excluding steroid dienone is 1. The summed E-state index contributed by atoms with van der Waals surface area (Å²) in [5.74, 6) is -0.455. The lowest BCUT2D eigenvalue weighted by molar-refractivity contribution is -0.136. The standard InChI is InChI=1S/C24H23N3O4S2/c1-14-21(15(2)31-26-14)24(29)30-13-20(28)27-23(19-9-5-11-33-19)18-8-3-6-16(22(18)25-27)12-17-7-4-10-32-17/h4-5,7,9-12,18,23H,3,6,8,13H2,1-2H3. The van der Waals surface area contributed by atoms with Gasteiger partial charge in [0.15, 0.2) is 6.61 Å². The molecule has 0 aromatic carbocycles. The lowest BCUT2D eigenvalue weighted by atomic mass is 9.79. The van der Waals surface area contributed by atoms with E-state index in [0.29, 0.717) is 11.5 Å². The van der Waals surface area contributed by atoms with E-state index < -0.39 is 12.6 Å². The van der Waals surface area contributed by atoms with Gasteiger partial charge in [-0.2, -0.15) is 5.10 Å². The minimum atomic E-state index is -0.616. The molecule has 1 aliphatic carbocycles. The van der Waals surface area contributed by atoms with Crippen LogP contribution in [0.5, 0.6) is 0 Å². The van der Waals surface area contributed by atoms with E-state index in [1.165, 1.54) is 15.5 Å². The molecule has 3 aromatic rings. The summed E-state index contributed by atoms with van der Waals surface area (Å²) in [6.07, 6.45) is 5.14. The molecule has 3 aromatic heterocycles. The number of nitrogens with zero attached hydrogens (tertiary/aromatic N) is 3. The van der Waals surface area contributed by atoms with Crippen molar-refractivity contribution >= 4 is 46.3 Å². The van der Waals surface area contributed by atoms with Crippen molar-refractivity contribution in [2.24, 2.45) is 11.0 Å². The molecular formula is C24H23N3O4S2. The van der Waals surface area contributed by atoms with Gasteiger partial charge in [-0.15, -0.1) is 22.7 Å². The first-order valence-corrected chi connectivity index (χ1v) is 12.6. The van der Waals surface area contributed by atoms with E-state index in [9.17, 15) is 9.59 Å². The Bertz CT molecular complexity index is 1210. The first-order chi connectivity index (χ1) is 16.0. The number of rotatable bonds is 5. The first kappa shape index (κ1) is 21.8. The Morgan fingerprint density at radius 3 is 2.76 bits per heavy atom. The Kier molecular flexibility index (Phi) is 5.99. The number of fused-ring (bicyclic) bond motifs is 1. The van der Waals surface area contributed by atoms with Gasteiger partial charge in [-0.25, -0.2) is 9.80 Å². The average Bonchev–Trinajstić information content (AvgIpc) is 3.59. The molecule has 2 unspecified atom stereocenters. The molecular weight excluding hydrogens is 458 g/mol. The maximum absolute atomic E-state index is 13.3. The summed E-state index contributed by atoms with van der Waals surface area (Å²) in [4.78, 5) is 28.0. The number of hydrogen-bond acceptors (Lipinski definition) is 8. The minimum absolute atomic E-state index is 0.130. The highest BCUT2D eigenvalue weighted by Crippen LogP contribution is 2.45. The van der Waals surface area contributed by atoms with Crippen LogP contribution in [0, 0.1) is 19.8 Å². The van der Waals surface area contributed by atoms with Gasteiger partial charge >= 0.3 is 5.97 Å². The van der Waals surface area contributed by atoms with Crippen LogP contribution in [0.2, 0.25) is 0 Å². The number of hydrazone groups is 1. The molecule has 2 atom stereocenters. The smallest absolute Gasteiger partial charge is 0.344 e. The number of ether oxygens (including phenoxy) is 1. The monoisotopic (exact) mass is 481 g/mol. The fourth-order valence-electron chi connectivity index (χ4n) is 4.53. The second-order valence-electron chi connectivity index (χ2n) is 8.14. The van der Waals surface area contributed by atoms with E-state index in [1.54, 1.807) is 36.5 Å². The van der Waals surface area contributed by atoms with Crippen molar-refractivity contribution in [1.29, 1.82) is 0 Å². The second-order valence-corrected chi connectivity index (χ2v) is 10.1. The van der Waals surface area contributed by atoms with E-state index >= 15 is 0 Å². The average molecular weight is 482 g/mol.